The molecule has 47 heavy (non-hydrogen) atoms. The van der Waals surface area contributed by atoms with E-state index in [4.69, 9.17) is 19.2 Å². The lowest BCUT2D eigenvalue weighted by molar-refractivity contribution is -0.139. The Kier molecular flexibility index (Phi) is 8.25. The van der Waals surface area contributed by atoms with Gasteiger partial charge in [-0.1, -0.05) is 59.9 Å². The largest absolute Gasteiger partial charge is 0.496 e. The van der Waals surface area contributed by atoms with Crippen molar-refractivity contribution in [1.82, 2.24) is 14.0 Å². The molecule has 2 aliphatic heterocycles. The maximum Gasteiger partial charge on any atom is 0.338 e. The van der Waals surface area contributed by atoms with Crippen molar-refractivity contribution in [3.8, 4) is 5.75 Å². The van der Waals surface area contributed by atoms with E-state index < -0.39 is 12.0 Å². The van der Waals surface area contributed by atoms with Gasteiger partial charge in [0.2, 0.25) is 5.91 Å². The standard InChI is InChI=1S/C36H34N4O6S/c1-4-46-35(43)31-22(2)37-36-40(33(31)32-26-11-6-5-9-23(26)13-14-28(32)44-3)34(42)29(47-36)19-24-20-39(27-12-8-7-10-25(24)27)21-30(41)38-15-17-45-18-16-38/h5-14,19-20,33H,4,15-18,21H2,1-3H3/b29-19+/t33-/m1/s1. The van der Waals surface area contributed by atoms with Crippen molar-refractivity contribution in [2.45, 2.75) is 26.4 Å². The smallest absolute Gasteiger partial charge is 0.338 e. The molecule has 1 saturated heterocycles. The van der Waals surface area contributed by atoms with Gasteiger partial charge < -0.3 is 23.7 Å². The summed E-state index contributed by atoms with van der Waals surface area (Å²) in [5, 5.41) is 2.72. The van der Waals surface area contributed by atoms with E-state index in [2.05, 4.69) is 0 Å². The number of hydrogen-bond acceptors (Lipinski definition) is 8. The van der Waals surface area contributed by atoms with Crippen molar-refractivity contribution in [2.24, 2.45) is 4.99 Å². The van der Waals surface area contributed by atoms with Crippen molar-refractivity contribution in [3.63, 3.8) is 0 Å². The fourth-order valence-electron chi connectivity index (χ4n) is 6.52. The summed E-state index contributed by atoms with van der Waals surface area (Å²) >= 11 is 1.26. The number of morpholine rings is 1. The Labute approximate surface area is 274 Å². The number of carbonyl (C=O) groups is 2. The minimum Gasteiger partial charge on any atom is -0.496 e. The van der Waals surface area contributed by atoms with E-state index >= 15 is 0 Å². The van der Waals surface area contributed by atoms with Gasteiger partial charge in [0.1, 0.15) is 18.3 Å². The van der Waals surface area contributed by atoms with Crippen molar-refractivity contribution in [3.05, 3.63) is 109 Å². The molecule has 1 amide bonds. The topological polar surface area (TPSA) is 104 Å². The summed E-state index contributed by atoms with van der Waals surface area (Å²) in [7, 11) is 1.58. The van der Waals surface area contributed by atoms with Crippen LogP contribution in [0, 0.1) is 0 Å². The maximum absolute atomic E-state index is 14.5. The molecule has 2 aromatic heterocycles. The number of para-hydroxylation sites is 1. The lowest BCUT2D eigenvalue weighted by Crippen LogP contribution is -2.42. The molecule has 240 valence electrons. The van der Waals surface area contributed by atoms with Crippen LogP contribution in [0.4, 0.5) is 0 Å². The molecule has 0 bridgehead atoms. The van der Waals surface area contributed by atoms with E-state index in [1.807, 2.05) is 82.4 Å². The first kappa shape index (κ1) is 30.6. The van der Waals surface area contributed by atoms with Crippen molar-refractivity contribution in [1.29, 1.82) is 0 Å². The first-order valence-corrected chi connectivity index (χ1v) is 16.4. The third-order valence-corrected chi connectivity index (χ3v) is 9.70. The fourth-order valence-corrected chi connectivity index (χ4v) is 7.56. The summed E-state index contributed by atoms with van der Waals surface area (Å²) in [6.07, 6.45) is 3.77. The summed E-state index contributed by atoms with van der Waals surface area (Å²) in [5.74, 6) is 0.0368. The van der Waals surface area contributed by atoms with Gasteiger partial charge >= 0.3 is 5.97 Å². The lowest BCUT2D eigenvalue weighted by atomic mass is 9.90. The summed E-state index contributed by atoms with van der Waals surface area (Å²) in [6.45, 7) is 6.09. The first-order chi connectivity index (χ1) is 22.9. The van der Waals surface area contributed by atoms with Crippen LogP contribution in [0.1, 0.15) is 31.0 Å². The summed E-state index contributed by atoms with van der Waals surface area (Å²) in [6, 6.07) is 18.7. The van der Waals surface area contributed by atoms with Crippen molar-refractivity contribution >= 4 is 51.0 Å². The number of nitrogens with zero attached hydrogens (tertiary/aromatic N) is 4. The molecule has 4 heterocycles. The molecule has 2 aliphatic rings. The molecule has 0 N–H and O–H groups in total. The molecule has 3 aromatic carbocycles. The van der Waals surface area contributed by atoms with Gasteiger partial charge in [-0.05, 0) is 42.8 Å². The van der Waals surface area contributed by atoms with Gasteiger partial charge in [-0.3, -0.25) is 14.2 Å². The van der Waals surface area contributed by atoms with Crippen LogP contribution in [0.25, 0.3) is 27.8 Å². The number of thiazole rings is 1. The second-order valence-electron chi connectivity index (χ2n) is 11.4. The van der Waals surface area contributed by atoms with Crippen molar-refractivity contribution in [2.75, 3.05) is 40.0 Å². The highest BCUT2D eigenvalue weighted by molar-refractivity contribution is 7.07. The van der Waals surface area contributed by atoms with E-state index in [0.717, 1.165) is 27.2 Å². The molecule has 0 unspecified atom stereocenters. The van der Waals surface area contributed by atoms with Crippen LogP contribution in [0.15, 0.2) is 87.9 Å². The number of esters is 1. The van der Waals surface area contributed by atoms with Gasteiger partial charge in [-0.25, -0.2) is 9.79 Å². The van der Waals surface area contributed by atoms with Gasteiger partial charge in [0.25, 0.3) is 5.56 Å². The molecule has 0 saturated carbocycles. The van der Waals surface area contributed by atoms with Gasteiger partial charge in [-0.2, -0.15) is 0 Å². The Morgan fingerprint density at radius 1 is 1.04 bits per heavy atom. The zero-order chi connectivity index (χ0) is 32.7. The Balaban J connectivity index is 1.41. The fraction of sp³-hybridized carbons (Fsp3) is 0.278. The molecule has 11 heteroatoms. The van der Waals surface area contributed by atoms with Crippen LogP contribution in [0.2, 0.25) is 0 Å². The minimum absolute atomic E-state index is 0.0194. The Bertz CT molecular complexity index is 2260. The number of benzene rings is 3. The average Bonchev–Trinajstić information content (AvgIpc) is 3.59. The molecule has 1 fully saturated rings. The Morgan fingerprint density at radius 3 is 2.55 bits per heavy atom. The number of amides is 1. The van der Waals surface area contributed by atoms with Gasteiger partial charge in [0.15, 0.2) is 4.80 Å². The van der Waals surface area contributed by atoms with E-state index in [1.54, 1.807) is 25.5 Å². The van der Waals surface area contributed by atoms with E-state index in [-0.39, 0.29) is 24.6 Å². The summed E-state index contributed by atoms with van der Waals surface area (Å²) in [5.41, 5.74) is 2.87. The first-order valence-electron chi connectivity index (χ1n) is 15.6. The van der Waals surface area contributed by atoms with Crippen molar-refractivity contribution < 1.29 is 23.8 Å². The number of rotatable bonds is 7. The van der Waals surface area contributed by atoms with Crippen LogP contribution in [-0.2, 0) is 25.6 Å². The molecular weight excluding hydrogens is 616 g/mol. The van der Waals surface area contributed by atoms with Gasteiger partial charge in [0.05, 0.1) is 42.7 Å². The SMILES string of the molecule is CCOC(=O)C1=C(C)N=c2s/c(=C/c3cn(CC(=O)N4CCOCC4)c4ccccc34)c(=O)n2[C@H]1c1c(OC)ccc2ccccc12. The molecule has 0 spiro atoms. The molecule has 7 rings (SSSR count). The average molecular weight is 651 g/mol. The summed E-state index contributed by atoms with van der Waals surface area (Å²) in [4.78, 5) is 48.3. The highest BCUT2D eigenvalue weighted by Crippen LogP contribution is 2.40. The minimum atomic E-state index is -0.832. The predicted octanol–water partition coefficient (Wildman–Crippen LogP) is 3.77. The maximum atomic E-state index is 14.5. The predicted molar refractivity (Wildman–Crippen MR) is 180 cm³/mol. The van der Waals surface area contributed by atoms with Crippen LogP contribution < -0.4 is 19.6 Å². The number of methoxy groups -OCH3 is 1. The zero-order valence-corrected chi connectivity index (χ0v) is 27.2. The third-order valence-electron chi connectivity index (χ3n) is 8.72. The molecular formula is C36H34N4O6S. The quantitative estimate of drug-likeness (QED) is 0.249. The molecule has 0 radical (unpaired) electrons. The lowest BCUT2D eigenvalue weighted by Gasteiger charge is -2.27. The van der Waals surface area contributed by atoms with Crippen LogP contribution in [-0.4, -0.2) is 65.9 Å². The number of aromatic nitrogens is 2. The molecule has 5 aromatic rings. The molecule has 1 atom stereocenters. The monoisotopic (exact) mass is 650 g/mol. The van der Waals surface area contributed by atoms with Crippen LogP contribution in [0.3, 0.4) is 0 Å². The Hall–Kier alpha value is -5.00. The van der Waals surface area contributed by atoms with E-state index in [9.17, 15) is 14.4 Å². The number of allylic oxidation sites excluding steroid dienone is 1. The highest BCUT2D eigenvalue weighted by atomic mass is 32.1. The second-order valence-corrected chi connectivity index (χ2v) is 12.4. The van der Waals surface area contributed by atoms with Crippen LogP contribution in [0.5, 0.6) is 5.75 Å². The van der Waals surface area contributed by atoms with E-state index in [1.165, 1.54) is 11.3 Å². The summed E-state index contributed by atoms with van der Waals surface area (Å²) < 4.78 is 20.7. The second kappa shape index (κ2) is 12.7. The highest BCUT2D eigenvalue weighted by Gasteiger charge is 2.36. The van der Waals surface area contributed by atoms with E-state index in [0.29, 0.717) is 58.2 Å². The van der Waals surface area contributed by atoms with Gasteiger partial charge in [0, 0.05) is 41.3 Å². The Morgan fingerprint density at radius 2 is 1.79 bits per heavy atom. The normalized spacial score (nSPS) is 16.8. The number of ether oxygens (including phenoxy) is 3. The third kappa shape index (κ3) is 5.45. The van der Waals surface area contributed by atoms with Crippen LogP contribution >= 0.6 is 11.3 Å². The zero-order valence-electron chi connectivity index (χ0n) is 26.4. The number of carbonyl (C=O) groups excluding carboxylic acids is 2. The van der Waals surface area contributed by atoms with Gasteiger partial charge in [-0.15, -0.1) is 0 Å². The molecule has 0 aliphatic carbocycles. The number of hydrogen-bond donors (Lipinski definition) is 0. The number of fused-ring (bicyclic) bond motifs is 3. The molecule has 10 nitrogen and oxygen atoms in total.